The van der Waals surface area contributed by atoms with E-state index in [1.54, 1.807) is 19.0 Å². The molecule has 0 unspecified atom stereocenters. The van der Waals surface area contributed by atoms with Crippen LogP contribution in [0.4, 0.5) is 11.9 Å². The zero-order valence-electron chi connectivity index (χ0n) is 10.2. The number of halogens is 1. The third-order valence-electron chi connectivity index (χ3n) is 1.77. The van der Waals surface area contributed by atoms with E-state index < -0.39 is 5.91 Å². The predicted octanol–water partition coefficient (Wildman–Crippen LogP) is -0.495. The van der Waals surface area contributed by atoms with Gasteiger partial charge < -0.3 is 20.7 Å². The van der Waals surface area contributed by atoms with Crippen LogP contribution in [0.3, 0.4) is 0 Å². The lowest BCUT2D eigenvalue weighted by molar-refractivity contribution is -0.122. The van der Waals surface area contributed by atoms with Gasteiger partial charge in [0.2, 0.25) is 23.1 Å². The number of carbonyl (C=O) groups excluding carboxylic acids is 1. The number of nitrogens with two attached hydrogens (primary N) is 1. The SMILES string of the molecule is CN(C)c1nc(Cl)nc(NCCOCC(N)=O)n1. The number of hydrogen-bond acceptors (Lipinski definition) is 7. The van der Waals surface area contributed by atoms with Crippen molar-refractivity contribution in [2.24, 2.45) is 5.73 Å². The largest absolute Gasteiger partial charge is 0.370 e. The average Bonchev–Trinajstić information content (AvgIpc) is 2.27. The van der Waals surface area contributed by atoms with E-state index in [0.717, 1.165) is 0 Å². The first-order valence-corrected chi connectivity index (χ1v) is 5.55. The molecule has 9 heteroatoms. The van der Waals surface area contributed by atoms with Crippen molar-refractivity contribution in [1.29, 1.82) is 0 Å². The van der Waals surface area contributed by atoms with Gasteiger partial charge in [0, 0.05) is 20.6 Å². The Morgan fingerprint density at radius 3 is 2.78 bits per heavy atom. The molecule has 0 fully saturated rings. The molecule has 0 radical (unpaired) electrons. The number of rotatable bonds is 7. The number of amides is 1. The Bertz CT molecular complexity index is 414. The lowest BCUT2D eigenvalue weighted by Crippen LogP contribution is -2.21. The first-order chi connectivity index (χ1) is 8.49. The van der Waals surface area contributed by atoms with Crippen molar-refractivity contribution in [1.82, 2.24) is 15.0 Å². The minimum atomic E-state index is -0.506. The highest BCUT2D eigenvalue weighted by molar-refractivity contribution is 6.28. The van der Waals surface area contributed by atoms with Gasteiger partial charge in [-0.05, 0) is 11.6 Å². The molecule has 18 heavy (non-hydrogen) atoms. The number of nitrogens with zero attached hydrogens (tertiary/aromatic N) is 4. The maximum atomic E-state index is 10.4. The van der Waals surface area contributed by atoms with Crippen LogP contribution in [0.1, 0.15) is 0 Å². The van der Waals surface area contributed by atoms with Crippen molar-refractivity contribution >= 4 is 29.4 Å². The van der Waals surface area contributed by atoms with Gasteiger partial charge in [0.15, 0.2) is 0 Å². The average molecular weight is 275 g/mol. The molecule has 1 aromatic rings. The summed E-state index contributed by atoms with van der Waals surface area (Å²) >= 11 is 5.75. The summed E-state index contributed by atoms with van der Waals surface area (Å²) < 4.78 is 4.97. The van der Waals surface area contributed by atoms with Crippen LogP contribution in [0, 0.1) is 0 Å². The highest BCUT2D eigenvalue weighted by Gasteiger charge is 2.06. The van der Waals surface area contributed by atoms with Crippen LogP contribution in [-0.2, 0) is 9.53 Å². The number of hydrogen-bond donors (Lipinski definition) is 2. The van der Waals surface area contributed by atoms with Gasteiger partial charge in [-0.1, -0.05) is 0 Å². The van der Waals surface area contributed by atoms with Crippen LogP contribution in [0.15, 0.2) is 0 Å². The lowest BCUT2D eigenvalue weighted by Gasteiger charge is -2.11. The Kier molecular flexibility index (Phi) is 5.53. The van der Waals surface area contributed by atoms with Gasteiger partial charge in [-0.2, -0.15) is 15.0 Å². The van der Waals surface area contributed by atoms with Gasteiger partial charge in [-0.25, -0.2) is 0 Å². The third-order valence-corrected chi connectivity index (χ3v) is 1.94. The molecule has 1 rings (SSSR count). The fourth-order valence-electron chi connectivity index (χ4n) is 1.03. The summed E-state index contributed by atoms with van der Waals surface area (Å²) in [4.78, 5) is 24.1. The summed E-state index contributed by atoms with van der Waals surface area (Å²) in [5.41, 5.74) is 4.92. The molecule has 100 valence electrons. The van der Waals surface area contributed by atoms with Gasteiger partial charge in [-0.3, -0.25) is 4.79 Å². The number of carbonyl (C=O) groups is 1. The third kappa shape index (κ3) is 5.11. The monoisotopic (exact) mass is 274 g/mol. The van der Waals surface area contributed by atoms with E-state index in [1.165, 1.54) is 0 Å². The van der Waals surface area contributed by atoms with Gasteiger partial charge in [0.05, 0.1) is 6.61 Å². The first kappa shape index (κ1) is 14.4. The molecule has 0 saturated carbocycles. The number of nitrogens with one attached hydrogen (secondary N) is 1. The highest BCUT2D eigenvalue weighted by Crippen LogP contribution is 2.10. The quantitative estimate of drug-likeness (QED) is 0.646. The standard InChI is InChI=1S/C9H15ClN6O2/c1-16(2)9-14-7(10)13-8(15-9)12-3-4-18-5-6(11)17/h3-5H2,1-2H3,(H2,11,17)(H,12,13,14,15). The molecule has 0 aliphatic rings. The zero-order chi connectivity index (χ0) is 13.5. The van der Waals surface area contributed by atoms with E-state index in [-0.39, 0.29) is 11.9 Å². The lowest BCUT2D eigenvalue weighted by atomic mass is 10.6. The second kappa shape index (κ2) is 6.92. The molecule has 8 nitrogen and oxygen atoms in total. The van der Waals surface area contributed by atoms with Gasteiger partial charge in [0.1, 0.15) is 6.61 Å². The zero-order valence-corrected chi connectivity index (χ0v) is 10.9. The summed E-state index contributed by atoms with van der Waals surface area (Å²) in [6.45, 7) is 0.632. The number of primary amides is 1. The number of aromatic nitrogens is 3. The molecular weight excluding hydrogens is 260 g/mol. The van der Waals surface area contributed by atoms with Gasteiger partial charge in [-0.15, -0.1) is 0 Å². The fourth-order valence-corrected chi connectivity index (χ4v) is 1.18. The molecule has 0 atom stereocenters. The summed E-state index contributed by atoms with van der Waals surface area (Å²) in [5.74, 6) is 0.296. The van der Waals surface area contributed by atoms with Crippen molar-refractivity contribution < 1.29 is 9.53 Å². The number of anilines is 2. The minimum Gasteiger partial charge on any atom is -0.370 e. The predicted molar refractivity (Wildman–Crippen MR) is 67.7 cm³/mol. The van der Waals surface area contributed by atoms with Crippen LogP contribution >= 0.6 is 11.6 Å². The summed E-state index contributed by atoms with van der Waals surface area (Å²) in [6.07, 6.45) is 0. The van der Waals surface area contributed by atoms with Crippen LogP contribution < -0.4 is 16.0 Å². The Morgan fingerprint density at radius 2 is 2.17 bits per heavy atom. The van der Waals surface area contributed by atoms with Crippen LogP contribution in [0.25, 0.3) is 0 Å². The van der Waals surface area contributed by atoms with Crippen molar-refractivity contribution in [2.75, 3.05) is 44.1 Å². The van der Waals surface area contributed by atoms with Crippen molar-refractivity contribution in [2.45, 2.75) is 0 Å². The van der Waals surface area contributed by atoms with Crippen LogP contribution in [0.5, 0.6) is 0 Å². The Hall–Kier alpha value is -1.67. The van der Waals surface area contributed by atoms with E-state index in [9.17, 15) is 4.79 Å². The topological polar surface area (TPSA) is 106 Å². The molecule has 0 bridgehead atoms. The van der Waals surface area contributed by atoms with E-state index >= 15 is 0 Å². The normalized spacial score (nSPS) is 10.2. The van der Waals surface area contributed by atoms with Gasteiger partial charge >= 0.3 is 0 Å². The van der Waals surface area contributed by atoms with Crippen LogP contribution in [0.2, 0.25) is 5.28 Å². The molecule has 3 N–H and O–H groups in total. The molecule has 1 aromatic heterocycles. The van der Waals surface area contributed by atoms with E-state index in [0.29, 0.717) is 25.0 Å². The minimum absolute atomic E-state index is 0.106. The summed E-state index contributed by atoms with van der Waals surface area (Å²) in [5, 5.41) is 3.01. The molecule has 1 heterocycles. The van der Waals surface area contributed by atoms with E-state index in [1.807, 2.05) is 0 Å². The van der Waals surface area contributed by atoms with Gasteiger partial charge in [0.25, 0.3) is 0 Å². The second-order valence-electron chi connectivity index (χ2n) is 3.57. The molecule has 0 aliphatic carbocycles. The molecule has 0 aliphatic heterocycles. The fraction of sp³-hybridized carbons (Fsp3) is 0.556. The van der Waals surface area contributed by atoms with E-state index in [4.69, 9.17) is 22.1 Å². The first-order valence-electron chi connectivity index (χ1n) is 5.18. The van der Waals surface area contributed by atoms with Crippen molar-refractivity contribution in [3.8, 4) is 0 Å². The number of ether oxygens (including phenoxy) is 1. The molecule has 0 aromatic carbocycles. The maximum Gasteiger partial charge on any atom is 0.243 e. The van der Waals surface area contributed by atoms with E-state index in [2.05, 4.69) is 20.3 Å². The maximum absolute atomic E-state index is 10.4. The summed E-state index contributed by atoms with van der Waals surface area (Å²) in [7, 11) is 3.59. The summed E-state index contributed by atoms with van der Waals surface area (Å²) in [6, 6.07) is 0. The second-order valence-corrected chi connectivity index (χ2v) is 3.91. The van der Waals surface area contributed by atoms with Crippen molar-refractivity contribution in [3.63, 3.8) is 0 Å². The highest BCUT2D eigenvalue weighted by atomic mass is 35.5. The molecule has 0 spiro atoms. The Balaban J connectivity index is 2.44. The van der Waals surface area contributed by atoms with Crippen molar-refractivity contribution in [3.05, 3.63) is 5.28 Å². The molecular formula is C9H15ClN6O2. The Labute approximate surface area is 110 Å². The smallest absolute Gasteiger partial charge is 0.243 e. The Morgan fingerprint density at radius 1 is 1.44 bits per heavy atom. The van der Waals surface area contributed by atoms with Crippen LogP contribution in [-0.4, -0.2) is 54.7 Å². The molecule has 1 amide bonds. The molecule has 0 saturated heterocycles.